The Morgan fingerprint density at radius 1 is 1.25 bits per heavy atom. The molecule has 3 rings (SSSR count). The first-order valence-corrected chi connectivity index (χ1v) is 8.06. The molecule has 2 aromatic carbocycles. The quantitative estimate of drug-likeness (QED) is 0.768. The minimum atomic E-state index is 0.402. The zero-order chi connectivity index (χ0) is 13.9. The van der Waals surface area contributed by atoms with Crippen LogP contribution in [-0.4, -0.2) is 18.1 Å². The van der Waals surface area contributed by atoms with Crippen molar-refractivity contribution in [2.24, 2.45) is 0 Å². The van der Waals surface area contributed by atoms with Gasteiger partial charge in [0, 0.05) is 10.1 Å². The number of fused-ring (bicyclic) bond motifs is 1. The van der Waals surface area contributed by atoms with E-state index < -0.39 is 0 Å². The van der Waals surface area contributed by atoms with Crippen molar-refractivity contribution in [3.8, 4) is 5.75 Å². The Kier molecular flexibility index (Phi) is 4.13. The van der Waals surface area contributed by atoms with Gasteiger partial charge in [0.05, 0.1) is 10.0 Å². The molecular formula is C16H13BrO2S. The fraction of sp³-hybridized carbons (Fsp3) is 0.188. The molecule has 20 heavy (non-hydrogen) atoms. The first-order valence-electron chi connectivity index (χ1n) is 6.39. The lowest BCUT2D eigenvalue weighted by molar-refractivity contribution is 0.111. The number of thioether (sulfide) groups is 1. The maximum atomic E-state index is 11.0. The summed E-state index contributed by atoms with van der Waals surface area (Å²) in [4.78, 5) is 12.4. The zero-order valence-electron chi connectivity index (χ0n) is 10.7. The molecule has 102 valence electrons. The van der Waals surface area contributed by atoms with Crippen LogP contribution >= 0.6 is 27.7 Å². The van der Waals surface area contributed by atoms with Crippen LogP contribution in [0.4, 0.5) is 0 Å². The van der Waals surface area contributed by atoms with Gasteiger partial charge in [-0.05, 0) is 46.1 Å². The summed E-state index contributed by atoms with van der Waals surface area (Å²) in [5, 5.41) is 0.402. The van der Waals surface area contributed by atoms with Gasteiger partial charge in [-0.2, -0.15) is 0 Å². The van der Waals surface area contributed by atoms with Crippen molar-refractivity contribution < 1.29 is 9.53 Å². The van der Waals surface area contributed by atoms with Crippen LogP contribution in [0.1, 0.15) is 15.9 Å². The minimum Gasteiger partial charge on any atom is -0.490 e. The minimum absolute atomic E-state index is 0.402. The van der Waals surface area contributed by atoms with Crippen molar-refractivity contribution in [3.63, 3.8) is 0 Å². The molecule has 0 saturated carbocycles. The summed E-state index contributed by atoms with van der Waals surface area (Å²) >= 11 is 5.28. The average Bonchev–Trinajstić information content (AvgIpc) is 2.88. The number of hydrogen-bond donors (Lipinski definition) is 0. The second-order valence-electron chi connectivity index (χ2n) is 4.64. The zero-order valence-corrected chi connectivity index (χ0v) is 13.1. The summed E-state index contributed by atoms with van der Waals surface area (Å²) in [6.45, 7) is 0.600. The van der Waals surface area contributed by atoms with Gasteiger partial charge in [-0.15, -0.1) is 11.8 Å². The largest absolute Gasteiger partial charge is 0.490 e. The highest BCUT2D eigenvalue weighted by molar-refractivity contribution is 9.10. The maximum absolute atomic E-state index is 11.0. The third-order valence-electron chi connectivity index (χ3n) is 3.25. The summed E-state index contributed by atoms with van der Waals surface area (Å²) in [6.07, 6.45) is 1.85. The van der Waals surface area contributed by atoms with Crippen molar-refractivity contribution in [3.05, 3.63) is 58.1 Å². The average molecular weight is 349 g/mol. The number of halogens is 1. The molecule has 1 heterocycles. The number of benzene rings is 2. The van der Waals surface area contributed by atoms with E-state index in [0.29, 0.717) is 23.2 Å². The number of carbonyl (C=O) groups excluding carboxylic acids is 1. The second-order valence-corrected chi connectivity index (χ2v) is 6.84. The number of carbonyl (C=O) groups is 1. The topological polar surface area (TPSA) is 26.3 Å². The molecule has 1 unspecified atom stereocenters. The highest BCUT2D eigenvalue weighted by Gasteiger charge is 2.22. The normalized spacial score (nSPS) is 16.8. The smallest absolute Gasteiger partial charge is 0.153 e. The first-order chi connectivity index (χ1) is 9.78. The lowest BCUT2D eigenvalue weighted by atomic mass is 10.1. The SMILES string of the molecule is O=Cc1cccc(Br)c1OCC1Cc2ccccc2S1. The fourth-order valence-electron chi connectivity index (χ4n) is 2.29. The molecule has 4 heteroatoms. The summed E-state index contributed by atoms with van der Waals surface area (Å²) in [5.41, 5.74) is 1.97. The highest BCUT2D eigenvalue weighted by atomic mass is 79.9. The molecule has 1 aliphatic heterocycles. The van der Waals surface area contributed by atoms with Crippen LogP contribution in [0.25, 0.3) is 0 Å². The first kappa shape index (κ1) is 13.7. The van der Waals surface area contributed by atoms with Gasteiger partial charge in [-0.25, -0.2) is 0 Å². The van der Waals surface area contributed by atoms with Crippen molar-refractivity contribution in [1.82, 2.24) is 0 Å². The third-order valence-corrected chi connectivity index (χ3v) is 5.16. The van der Waals surface area contributed by atoms with E-state index in [4.69, 9.17) is 4.74 Å². The van der Waals surface area contributed by atoms with E-state index in [-0.39, 0.29) is 0 Å². The predicted molar refractivity (Wildman–Crippen MR) is 84.8 cm³/mol. The molecule has 0 N–H and O–H groups in total. The molecule has 0 amide bonds. The summed E-state index contributed by atoms with van der Waals surface area (Å²) < 4.78 is 6.70. The molecule has 0 saturated heterocycles. The highest BCUT2D eigenvalue weighted by Crippen LogP contribution is 2.37. The van der Waals surface area contributed by atoms with Gasteiger partial charge in [-0.3, -0.25) is 4.79 Å². The Labute approximate surface area is 130 Å². The van der Waals surface area contributed by atoms with Crippen LogP contribution in [0.3, 0.4) is 0 Å². The van der Waals surface area contributed by atoms with Crippen LogP contribution in [0.2, 0.25) is 0 Å². The van der Waals surface area contributed by atoms with E-state index in [1.807, 2.05) is 23.9 Å². The maximum Gasteiger partial charge on any atom is 0.153 e. The van der Waals surface area contributed by atoms with Crippen LogP contribution < -0.4 is 4.74 Å². The van der Waals surface area contributed by atoms with Crippen LogP contribution in [0, 0.1) is 0 Å². The molecule has 0 bridgehead atoms. The Morgan fingerprint density at radius 3 is 2.90 bits per heavy atom. The summed E-state index contributed by atoms with van der Waals surface area (Å²) in [7, 11) is 0. The molecule has 0 spiro atoms. The van der Waals surface area contributed by atoms with Gasteiger partial charge in [0.2, 0.25) is 0 Å². The second kappa shape index (κ2) is 6.02. The fourth-order valence-corrected chi connectivity index (χ4v) is 4.01. The molecule has 0 aromatic heterocycles. The lowest BCUT2D eigenvalue weighted by Gasteiger charge is -2.13. The number of para-hydroxylation sites is 1. The van der Waals surface area contributed by atoms with Crippen LogP contribution in [-0.2, 0) is 6.42 Å². The van der Waals surface area contributed by atoms with Gasteiger partial charge < -0.3 is 4.74 Å². The standard InChI is InChI=1S/C16H13BrO2S/c17-14-6-3-5-12(9-18)16(14)19-10-13-8-11-4-1-2-7-15(11)20-13/h1-7,9,13H,8,10H2. The van der Waals surface area contributed by atoms with E-state index in [1.54, 1.807) is 6.07 Å². The van der Waals surface area contributed by atoms with E-state index in [1.165, 1.54) is 10.5 Å². The van der Waals surface area contributed by atoms with Crippen molar-refractivity contribution in [1.29, 1.82) is 0 Å². The molecule has 1 aliphatic rings. The van der Waals surface area contributed by atoms with Gasteiger partial charge in [0.25, 0.3) is 0 Å². The number of ether oxygens (including phenoxy) is 1. The van der Waals surface area contributed by atoms with Crippen LogP contribution in [0.5, 0.6) is 5.75 Å². The van der Waals surface area contributed by atoms with Crippen LogP contribution in [0.15, 0.2) is 51.8 Å². The van der Waals surface area contributed by atoms with Crippen molar-refractivity contribution in [2.75, 3.05) is 6.61 Å². The molecule has 0 aliphatic carbocycles. The summed E-state index contributed by atoms with van der Waals surface area (Å²) in [6, 6.07) is 13.9. The Bertz CT molecular complexity index is 617. The summed E-state index contributed by atoms with van der Waals surface area (Å²) in [5.74, 6) is 0.638. The number of rotatable bonds is 4. The monoisotopic (exact) mass is 348 g/mol. The third kappa shape index (κ3) is 2.76. The van der Waals surface area contributed by atoms with E-state index in [2.05, 4.69) is 40.2 Å². The lowest BCUT2D eigenvalue weighted by Crippen LogP contribution is -2.14. The molecule has 1 atom stereocenters. The predicted octanol–water partition coefficient (Wildman–Crippen LogP) is 4.36. The van der Waals surface area contributed by atoms with Gasteiger partial charge in [-0.1, -0.05) is 24.3 Å². The Morgan fingerprint density at radius 2 is 2.10 bits per heavy atom. The molecule has 2 nitrogen and oxygen atoms in total. The molecular weight excluding hydrogens is 336 g/mol. The Hall–Kier alpha value is -1.26. The molecule has 0 radical (unpaired) electrons. The van der Waals surface area contributed by atoms with E-state index >= 15 is 0 Å². The molecule has 2 aromatic rings. The van der Waals surface area contributed by atoms with E-state index in [0.717, 1.165) is 17.2 Å². The van der Waals surface area contributed by atoms with Gasteiger partial charge in [0.1, 0.15) is 12.4 Å². The van der Waals surface area contributed by atoms with E-state index in [9.17, 15) is 4.79 Å². The Balaban J connectivity index is 1.69. The number of hydrogen-bond acceptors (Lipinski definition) is 3. The number of aldehydes is 1. The van der Waals surface area contributed by atoms with Crippen molar-refractivity contribution >= 4 is 34.0 Å². The van der Waals surface area contributed by atoms with Gasteiger partial charge in [0.15, 0.2) is 6.29 Å². The molecule has 0 fully saturated rings. The van der Waals surface area contributed by atoms with Gasteiger partial charge >= 0.3 is 0 Å². The van der Waals surface area contributed by atoms with Crippen molar-refractivity contribution in [2.45, 2.75) is 16.6 Å².